The summed E-state index contributed by atoms with van der Waals surface area (Å²) in [6.45, 7) is 4.34. The summed E-state index contributed by atoms with van der Waals surface area (Å²) in [5, 5.41) is 5.07. The van der Waals surface area contributed by atoms with Crippen molar-refractivity contribution < 1.29 is 4.79 Å². The molecule has 0 spiro atoms. The molecule has 1 aromatic carbocycles. The van der Waals surface area contributed by atoms with Crippen LogP contribution < -0.4 is 10.1 Å². The maximum absolute atomic E-state index is 12.4. The number of anilines is 1. The van der Waals surface area contributed by atoms with E-state index in [0.717, 1.165) is 16.2 Å². The van der Waals surface area contributed by atoms with Gasteiger partial charge in [-0.25, -0.2) is 0 Å². The normalized spacial score (nSPS) is 16.5. The van der Waals surface area contributed by atoms with Gasteiger partial charge in [-0.2, -0.15) is 0 Å². The van der Waals surface area contributed by atoms with Crippen molar-refractivity contribution in [2.24, 2.45) is 12.0 Å². The molecule has 0 atom stereocenters. The molecule has 1 N–H and O–H groups in total. The summed E-state index contributed by atoms with van der Waals surface area (Å²) in [5.41, 5.74) is 3.15. The molecule has 146 valence electrons. The third-order valence-corrected chi connectivity index (χ3v) is 6.32. The van der Waals surface area contributed by atoms with Gasteiger partial charge in [0.25, 0.3) is 0 Å². The van der Waals surface area contributed by atoms with E-state index in [9.17, 15) is 4.79 Å². The predicted molar refractivity (Wildman–Crippen MR) is 113 cm³/mol. The largest absolute Gasteiger partial charge is 0.326 e. The summed E-state index contributed by atoms with van der Waals surface area (Å²) >= 11 is 1.65. The molecule has 2 aromatic rings. The van der Waals surface area contributed by atoms with Gasteiger partial charge in [0, 0.05) is 23.8 Å². The maximum atomic E-state index is 12.4. The minimum absolute atomic E-state index is 0.0155. The summed E-state index contributed by atoms with van der Waals surface area (Å²) < 4.78 is 2.08. The second kappa shape index (κ2) is 9.36. The SMILES string of the molecule is CC(C)c1ccc(NC(=O)Cc2csc(=NC3CCCCCC3)n2C)cc1. The van der Waals surface area contributed by atoms with Gasteiger partial charge in [-0.1, -0.05) is 51.7 Å². The lowest BCUT2D eigenvalue weighted by Gasteiger charge is -2.09. The van der Waals surface area contributed by atoms with Crippen LogP contribution in [0, 0.1) is 0 Å². The van der Waals surface area contributed by atoms with E-state index in [0.29, 0.717) is 18.4 Å². The molecule has 0 radical (unpaired) electrons. The van der Waals surface area contributed by atoms with Crippen LogP contribution in [0.1, 0.15) is 69.5 Å². The summed E-state index contributed by atoms with van der Waals surface area (Å²) in [6, 6.07) is 8.56. The molecular formula is C22H31N3OS. The molecule has 27 heavy (non-hydrogen) atoms. The minimum Gasteiger partial charge on any atom is -0.326 e. The second-order valence-electron chi connectivity index (χ2n) is 7.84. The van der Waals surface area contributed by atoms with E-state index in [1.165, 1.54) is 44.1 Å². The topological polar surface area (TPSA) is 46.4 Å². The number of carbonyl (C=O) groups is 1. The molecule has 1 aliphatic rings. The molecule has 1 aliphatic carbocycles. The average Bonchev–Trinajstić information content (AvgIpc) is 2.85. The van der Waals surface area contributed by atoms with Crippen molar-refractivity contribution in [3.8, 4) is 0 Å². The van der Waals surface area contributed by atoms with E-state index in [4.69, 9.17) is 4.99 Å². The second-order valence-corrected chi connectivity index (χ2v) is 8.68. The average molecular weight is 386 g/mol. The molecular weight excluding hydrogens is 354 g/mol. The van der Waals surface area contributed by atoms with Gasteiger partial charge < -0.3 is 9.88 Å². The molecule has 0 unspecified atom stereocenters. The number of nitrogens with one attached hydrogen (secondary N) is 1. The van der Waals surface area contributed by atoms with E-state index >= 15 is 0 Å². The van der Waals surface area contributed by atoms with Crippen molar-refractivity contribution in [3.05, 3.63) is 45.7 Å². The number of carbonyl (C=O) groups excluding carboxylic acids is 1. The van der Waals surface area contributed by atoms with Crippen LogP contribution >= 0.6 is 11.3 Å². The highest BCUT2D eigenvalue weighted by molar-refractivity contribution is 7.07. The first-order valence-corrected chi connectivity index (χ1v) is 11.0. The van der Waals surface area contributed by atoms with Crippen molar-refractivity contribution in [2.45, 2.75) is 70.8 Å². The van der Waals surface area contributed by atoms with Gasteiger partial charge in [-0.15, -0.1) is 11.3 Å². The van der Waals surface area contributed by atoms with E-state index in [2.05, 4.69) is 41.2 Å². The van der Waals surface area contributed by atoms with Crippen molar-refractivity contribution in [1.29, 1.82) is 0 Å². The quantitative estimate of drug-likeness (QED) is 0.722. The van der Waals surface area contributed by atoms with Crippen LogP contribution in [-0.2, 0) is 18.3 Å². The number of amides is 1. The third kappa shape index (κ3) is 5.55. The van der Waals surface area contributed by atoms with Gasteiger partial charge in [-0.3, -0.25) is 9.79 Å². The Kier molecular flexibility index (Phi) is 6.89. The smallest absolute Gasteiger partial charge is 0.230 e. The first kappa shape index (κ1) is 19.9. The summed E-state index contributed by atoms with van der Waals surface area (Å²) in [6.07, 6.45) is 8.01. The molecule has 1 saturated carbocycles. The minimum atomic E-state index is 0.0155. The maximum Gasteiger partial charge on any atom is 0.230 e. The molecule has 0 bridgehead atoms. The Morgan fingerprint density at radius 3 is 2.48 bits per heavy atom. The Labute approximate surface area is 166 Å². The molecule has 3 rings (SSSR count). The van der Waals surface area contributed by atoms with Gasteiger partial charge in [0.1, 0.15) is 0 Å². The molecule has 1 heterocycles. The van der Waals surface area contributed by atoms with E-state index in [1.54, 1.807) is 11.3 Å². The van der Waals surface area contributed by atoms with Crippen LogP contribution in [0.4, 0.5) is 5.69 Å². The Hall–Kier alpha value is -1.88. The number of hydrogen-bond acceptors (Lipinski definition) is 3. The molecule has 4 nitrogen and oxygen atoms in total. The van der Waals surface area contributed by atoms with Crippen LogP contribution in [0.25, 0.3) is 0 Å². The lowest BCUT2D eigenvalue weighted by molar-refractivity contribution is -0.115. The van der Waals surface area contributed by atoms with Crippen molar-refractivity contribution >= 4 is 22.9 Å². The van der Waals surface area contributed by atoms with E-state index in [-0.39, 0.29) is 5.91 Å². The van der Waals surface area contributed by atoms with Crippen LogP contribution in [0.3, 0.4) is 0 Å². The Morgan fingerprint density at radius 2 is 1.85 bits per heavy atom. The number of benzene rings is 1. The molecule has 1 aromatic heterocycles. The molecule has 5 heteroatoms. The molecule has 1 fully saturated rings. The molecule has 1 amide bonds. The van der Waals surface area contributed by atoms with Crippen LogP contribution in [0.5, 0.6) is 0 Å². The number of aromatic nitrogens is 1. The highest BCUT2D eigenvalue weighted by Gasteiger charge is 2.13. The fraction of sp³-hybridized carbons (Fsp3) is 0.545. The van der Waals surface area contributed by atoms with Crippen molar-refractivity contribution in [1.82, 2.24) is 4.57 Å². The lowest BCUT2D eigenvalue weighted by Crippen LogP contribution is -2.21. The van der Waals surface area contributed by atoms with Gasteiger partial charge in [0.2, 0.25) is 5.91 Å². The zero-order valence-corrected chi connectivity index (χ0v) is 17.5. The van der Waals surface area contributed by atoms with E-state index < -0.39 is 0 Å². The Bertz CT molecular complexity index is 809. The van der Waals surface area contributed by atoms with Gasteiger partial charge in [0.05, 0.1) is 12.5 Å². The third-order valence-electron chi connectivity index (χ3n) is 5.34. The predicted octanol–water partition coefficient (Wildman–Crippen LogP) is 5.01. The zero-order valence-electron chi connectivity index (χ0n) is 16.7. The lowest BCUT2D eigenvalue weighted by atomic mass is 10.0. The number of hydrogen-bond donors (Lipinski definition) is 1. The highest BCUT2D eigenvalue weighted by Crippen LogP contribution is 2.20. The zero-order chi connectivity index (χ0) is 19.2. The van der Waals surface area contributed by atoms with Crippen LogP contribution in [0.15, 0.2) is 34.6 Å². The summed E-state index contributed by atoms with van der Waals surface area (Å²) in [4.78, 5) is 18.4. The first-order chi connectivity index (χ1) is 13.0. The van der Waals surface area contributed by atoms with Gasteiger partial charge in [-0.05, 0) is 36.5 Å². The number of nitrogens with zero attached hydrogens (tertiary/aromatic N) is 2. The van der Waals surface area contributed by atoms with Crippen LogP contribution in [0.2, 0.25) is 0 Å². The first-order valence-electron chi connectivity index (χ1n) is 10.1. The van der Waals surface area contributed by atoms with Crippen molar-refractivity contribution in [2.75, 3.05) is 5.32 Å². The van der Waals surface area contributed by atoms with E-state index in [1.807, 2.05) is 19.2 Å². The highest BCUT2D eigenvalue weighted by atomic mass is 32.1. The fourth-order valence-electron chi connectivity index (χ4n) is 3.54. The van der Waals surface area contributed by atoms with Crippen LogP contribution in [-0.4, -0.2) is 16.5 Å². The fourth-order valence-corrected chi connectivity index (χ4v) is 4.51. The Morgan fingerprint density at radius 1 is 1.19 bits per heavy atom. The standard InChI is InChI=1S/C22H31N3OS/c1-16(2)17-10-12-19(13-11-17)23-21(26)14-20-15-27-22(25(20)3)24-18-8-6-4-5-7-9-18/h10-13,15-16,18H,4-9,14H2,1-3H3,(H,23,26). The number of rotatable bonds is 5. The van der Waals surface area contributed by atoms with Crippen molar-refractivity contribution in [3.63, 3.8) is 0 Å². The van der Waals surface area contributed by atoms with Gasteiger partial charge >= 0.3 is 0 Å². The van der Waals surface area contributed by atoms with Gasteiger partial charge in [0.15, 0.2) is 4.80 Å². The molecule has 0 saturated heterocycles. The summed E-state index contributed by atoms with van der Waals surface area (Å²) in [5.74, 6) is 0.511. The summed E-state index contributed by atoms with van der Waals surface area (Å²) in [7, 11) is 2.02. The molecule has 0 aliphatic heterocycles. The number of thiazole rings is 1. The Balaban J connectivity index is 1.63. The monoisotopic (exact) mass is 385 g/mol.